The third-order valence-electron chi connectivity index (χ3n) is 11.7. The van der Waals surface area contributed by atoms with Crippen LogP contribution in [0.5, 0.6) is 0 Å². The zero-order valence-corrected chi connectivity index (χ0v) is 31.8. The summed E-state index contributed by atoms with van der Waals surface area (Å²) < 4.78 is 15.4. The average molecular weight is 685 g/mol. The Hall–Kier alpha value is 0.304. The molecule has 0 aromatic heterocycles. The average Bonchev–Trinajstić information content (AvgIpc) is 3.15. The number of halogens is 1. The Labute approximate surface area is 258 Å². The van der Waals surface area contributed by atoms with E-state index in [1.807, 2.05) is 0 Å². The fourth-order valence-corrected chi connectivity index (χ4v) is 10.4. The summed E-state index contributed by atoms with van der Waals surface area (Å²) in [6, 6.07) is 0. The van der Waals surface area contributed by atoms with Gasteiger partial charge in [-0.1, -0.05) is 102 Å². The van der Waals surface area contributed by atoms with Gasteiger partial charge in [0.2, 0.25) is 0 Å². The SMILES string of the molecule is C=C1/C(=C/C=C2\CCC[C@]3(C)[C@@H]([C@H](C)CI)CC[C@@H]23)C[C@@H](O[Si](C)(C)C(C)(C)C)C[C@@H]1O[Si](C)(C)C(C)(C)C. The van der Waals surface area contributed by atoms with Gasteiger partial charge in [0.05, 0.1) is 12.2 Å². The van der Waals surface area contributed by atoms with Crippen molar-refractivity contribution in [2.75, 3.05) is 4.43 Å². The number of rotatable bonds is 7. The Morgan fingerprint density at radius 1 is 1.00 bits per heavy atom. The van der Waals surface area contributed by atoms with Crippen LogP contribution >= 0.6 is 22.6 Å². The predicted molar refractivity (Wildman–Crippen MR) is 185 cm³/mol. The maximum absolute atomic E-state index is 7.06. The summed E-state index contributed by atoms with van der Waals surface area (Å²) in [7, 11) is -3.83. The summed E-state index contributed by atoms with van der Waals surface area (Å²) in [6.45, 7) is 33.4. The van der Waals surface area contributed by atoms with Crippen molar-refractivity contribution in [1.82, 2.24) is 0 Å². The van der Waals surface area contributed by atoms with Gasteiger partial charge in [0.15, 0.2) is 16.6 Å². The lowest BCUT2D eigenvalue weighted by molar-refractivity contribution is 0.0969. The van der Waals surface area contributed by atoms with Crippen LogP contribution in [0, 0.1) is 23.2 Å². The molecule has 3 aliphatic rings. The monoisotopic (exact) mass is 684 g/mol. The highest BCUT2D eigenvalue weighted by Gasteiger charge is 2.50. The second kappa shape index (κ2) is 12.1. The summed E-state index contributed by atoms with van der Waals surface area (Å²) >= 11 is 2.61. The highest BCUT2D eigenvalue weighted by molar-refractivity contribution is 14.1. The fraction of sp³-hybridized carbons (Fsp3) is 0.824. The topological polar surface area (TPSA) is 18.5 Å². The van der Waals surface area contributed by atoms with Gasteiger partial charge in [-0.15, -0.1) is 0 Å². The van der Waals surface area contributed by atoms with Crippen molar-refractivity contribution in [2.45, 2.75) is 149 Å². The Morgan fingerprint density at radius 2 is 1.59 bits per heavy atom. The van der Waals surface area contributed by atoms with Crippen molar-refractivity contribution in [2.24, 2.45) is 23.2 Å². The lowest BCUT2D eigenvalue weighted by Gasteiger charge is -2.45. The maximum atomic E-state index is 7.06. The molecule has 0 heterocycles. The highest BCUT2D eigenvalue weighted by Crippen LogP contribution is 2.59. The lowest BCUT2D eigenvalue weighted by atomic mass is 9.61. The van der Waals surface area contributed by atoms with Crippen LogP contribution in [-0.2, 0) is 8.85 Å². The first-order chi connectivity index (χ1) is 17.7. The molecule has 0 saturated heterocycles. The normalized spacial score (nSPS) is 34.0. The van der Waals surface area contributed by atoms with Crippen LogP contribution in [0.1, 0.15) is 100 Å². The number of hydrogen-bond acceptors (Lipinski definition) is 2. The molecule has 3 fully saturated rings. The van der Waals surface area contributed by atoms with E-state index < -0.39 is 16.6 Å². The van der Waals surface area contributed by atoms with E-state index in [4.69, 9.17) is 8.85 Å². The summed E-state index contributed by atoms with van der Waals surface area (Å²) in [5.74, 6) is 2.43. The highest BCUT2D eigenvalue weighted by atomic mass is 127. The molecule has 3 rings (SSSR count). The molecule has 224 valence electrons. The molecule has 0 aliphatic heterocycles. The van der Waals surface area contributed by atoms with E-state index in [1.54, 1.807) is 5.57 Å². The molecule has 3 aliphatic carbocycles. The van der Waals surface area contributed by atoms with Crippen molar-refractivity contribution in [3.05, 3.63) is 35.5 Å². The minimum absolute atomic E-state index is 0.0519. The maximum Gasteiger partial charge on any atom is 0.192 e. The number of alkyl halides is 1. The second-order valence-electron chi connectivity index (χ2n) is 16.5. The van der Waals surface area contributed by atoms with Gasteiger partial charge in [0.25, 0.3) is 0 Å². The zero-order chi connectivity index (χ0) is 29.6. The van der Waals surface area contributed by atoms with Gasteiger partial charge >= 0.3 is 0 Å². The molecule has 0 aromatic carbocycles. The van der Waals surface area contributed by atoms with Gasteiger partial charge in [0, 0.05) is 10.8 Å². The summed E-state index contributed by atoms with van der Waals surface area (Å²) in [5.41, 5.74) is 4.73. The van der Waals surface area contributed by atoms with Gasteiger partial charge in [-0.3, -0.25) is 0 Å². The Balaban J connectivity index is 1.93. The molecule has 0 radical (unpaired) electrons. The number of fused-ring (bicyclic) bond motifs is 1. The predicted octanol–water partition coefficient (Wildman–Crippen LogP) is 11.3. The molecule has 0 N–H and O–H groups in total. The zero-order valence-electron chi connectivity index (χ0n) is 27.6. The van der Waals surface area contributed by atoms with E-state index in [0.717, 1.165) is 30.6 Å². The summed E-state index contributed by atoms with van der Waals surface area (Å²) in [6.07, 6.45) is 13.9. The van der Waals surface area contributed by atoms with Crippen molar-refractivity contribution < 1.29 is 8.85 Å². The summed E-state index contributed by atoms with van der Waals surface area (Å²) in [5, 5.41) is 0.372. The van der Waals surface area contributed by atoms with E-state index in [2.05, 4.69) is 123 Å². The van der Waals surface area contributed by atoms with Crippen LogP contribution in [0.25, 0.3) is 0 Å². The molecule has 0 amide bonds. The number of hydrogen-bond donors (Lipinski definition) is 0. The van der Waals surface area contributed by atoms with Crippen molar-refractivity contribution in [1.29, 1.82) is 0 Å². The van der Waals surface area contributed by atoms with Gasteiger partial charge in [-0.2, -0.15) is 0 Å². The van der Waals surface area contributed by atoms with Gasteiger partial charge < -0.3 is 8.85 Å². The van der Waals surface area contributed by atoms with Crippen LogP contribution in [0.2, 0.25) is 36.3 Å². The molecule has 3 saturated carbocycles. The molecular formula is C34H61IO2Si2. The first kappa shape index (κ1) is 33.8. The number of allylic oxidation sites excluding steroid dienone is 3. The molecular weight excluding hydrogens is 623 g/mol. The Kier molecular flexibility index (Phi) is 10.5. The van der Waals surface area contributed by atoms with E-state index in [0.29, 0.717) is 5.41 Å². The van der Waals surface area contributed by atoms with E-state index in [-0.39, 0.29) is 22.3 Å². The first-order valence-electron chi connectivity index (χ1n) is 15.7. The standard InChI is InChI=1S/C34H61IO2Si2/c1-24(23-35)29-18-19-30-26(15-14-20-34(29,30)9)16-17-27-21-28(36-38(10,11)32(3,4)5)22-31(25(27)2)37-39(12,13)33(6,7)8/h16-17,24,28-31H,2,14-15,18-23H2,1,3-13H3/b26-16+,27-17+/t24-,28-,29-,30+,31+,34-/m1/s1. The van der Waals surface area contributed by atoms with Crippen LogP contribution in [-0.4, -0.2) is 33.3 Å². The van der Waals surface area contributed by atoms with Crippen LogP contribution in [0.3, 0.4) is 0 Å². The van der Waals surface area contributed by atoms with Crippen molar-refractivity contribution >= 4 is 39.2 Å². The van der Waals surface area contributed by atoms with Gasteiger partial charge in [-0.25, -0.2) is 0 Å². The summed E-state index contributed by atoms with van der Waals surface area (Å²) in [4.78, 5) is 0. The second-order valence-corrected chi connectivity index (χ2v) is 26.9. The van der Waals surface area contributed by atoms with Gasteiger partial charge in [-0.05, 0) is 109 Å². The smallest absolute Gasteiger partial charge is 0.192 e. The lowest BCUT2D eigenvalue weighted by Crippen LogP contribution is -2.49. The molecule has 0 spiro atoms. The van der Waals surface area contributed by atoms with Crippen LogP contribution in [0.15, 0.2) is 35.5 Å². The molecule has 2 nitrogen and oxygen atoms in total. The molecule has 0 aromatic rings. The molecule has 0 bridgehead atoms. The first-order valence-corrected chi connectivity index (χ1v) is 23.1. The molecule has 6 atom stereocenters. The Bertz CT molecular complexity index is 951. The van der Waals surface area contributed by atoms with E-state index >= 15 is 0 Å². The fourth-order valence-electron chi connectivity index (χ4n) is 7.09. The third-order valence-corrected chi connectivity index (χ3v) is 22.1. The Morgan fingerprint density at radius 3 is 2.15 bits per heavy atom. The van der Waals surface area contributed by atoms with Crippen molar-refractivity contribution in [3.8, 4) is 0 Å². The van der Waals surface area contributed by atoms with Gasteiger partial charge in [0.1, 0.15) is 0 Å². The van der Waals surface area contributed by atoms with Crippen LogP contribution < -0.4 is 0 Å². The largest absolute Gasteiger partial charge is 0.413 e. The molecule has 0 unspecified atom stereocenters. The van der Waals surface area contributed by atoms with E-state index in [1.165, 1.54) is 47.7 Å². The third kappa shape index (κ3) is 7.27. The molecule has 39 heavy (non-hydrogen) atoms. The van der Waals surface area contributed by atoms with Crippen molar-refractivity contribution in [3.63, 3.8) is 0 Å². The minimum atomic E-state index is -1.94. The quantitative estimate of drug-likeness (QED) is 0.151. The van der Waals surface area contributed by atoms with Crippen LogP contribution in [0.4, 0.5) is 0 Å². The molecule has 5 heteroatoms. The minimum Gasteiger partial charge on any atom is -0.413 e. The van der Waals surface area contributed by atoms with E-state index in [9.17, 15) is 0 Å².